The third-order valence-corrected chi connectivity index (χ3v) is 4.58. The number of aliphatic hydroxyl groups is 1. The van der Waals surface area contributed by atoms with E-state index in [-0.39, 0.29) is 57.8 Å². The van der Waals surface area contributed by atoms with Crippen molar-refractivity contribution in [3.63, 3.8) is 0 Å². The van der Waals surface area contributed by atoms with Crippen molar-refractivity contribution in [1.82, 2.24) is 0 Å². The van der Waals surface area contributed by atoms with Gasteiger partial charge in [0, 0.05) is 5.75 Å². The minimum Gasteiger partial charge on any atom is -0.748 e. The summed E-state index contributed by atoms with van der Waals surface area (Å²) in [6.45, 7) is 2.23. The maximum Gasteiger partial charge on any atom is 1.00 e. The molecule has 0 aliphatic heterocycles. The molecule has 0 aliphatic carbocycles. The van der Waals surface area contributed by atoms with Gasteiger partial charge in [-0.05, 0) is 12.8 Å². The summed E-state index contributed by atoms with van der Waals surface area (Å²) < 4.78 is 31.3. The van der Waals surface area contributed by atoms with E-state index in [4.69, 9.17) is 0 Å². The van der Waals surface area contributed by atoms with Gasteiger partial charge in [-0.3, -0.25) is 0 Å². The molecule has 0 rings (SSSR count). The van der Waals surface area contributed by atoms with Gasteiger partial charge in [0.05, 0.1) is 16.2 Å². The molecular formula is C16H33KO4S. The number of unbranched alkanes of at least 4 members (excludes halogenated alkanes) is 10. The first-order valence-corrected chi connectivity index (χ1v) is 10.1. The Labute approximate surface area is 180 Å². The summed E-state index contributed by atoms with van der Waals surface area (Å²) in [6.07, 6.45) is 13.8. The predicted octanol–water partition coefficient (Wildman–Crippen LogP) is 0.988. The molecular weight excluding hydrogens is 327 g/mol. The molecule has 0 aromatic rings. The van der Waals surface area contributed by atoms with Crippen LogP contribution in [0.4, 0.5) is 0 Å². The van der Waals surface area contributed by atoms with E-state index < -0.39 is 22.0 Å². The van der Waals surface area contributed by atoms with Crippen molar-refractivity contribution in [1.29, 1.82) is 0 Å². The summed E-state index contributed by atoms with van der Waals surface area (Å²) in [5.41, 5.74) is 0. The molecule has 0 aliphatic rings. The largest absolute Gasteiger partial charge is 1.00 e. The average molecular weight is 361 g/mol. The van der Waals surface area contributed by atoms with E-state index >= 15 is 0 Å². The monoisotopic (exact) mass is 360 g/mol. The molecule has 0 fully saturated rings. The zero-order valence-corrected chi connectivity index (χ0v) is 18.5. The third-order valence-electron chi connectivity index (χ3n) is 3.84. The molecule has 0 heterocycles. The molecule has 1 atom stereocenters. The molecule has 4 nitrogen and oxygen atoms in total. The van der Waals surface area contributed by atoms with Crippen LogP contribution in [0.5, 0.6) is 0 Å². The van der Waals surface area contributed by atoms with E-state index in [0.717, 1.165) is 12.8 Å². The maximum absolute atomic E-state index is 10.4. The maximum atomic E-state index is 10.4. The van der Waals surface area contributed by atoms with Crippen molar-refractivity contribution in [3.8, 4) is 0 Å². The average Bonchev–Trinajstić information content (AvgIpc) is 2.42. The summed E-state index contributed by atoms with van der Waals surface area (Å²) >= 11 is 0. The quantitative estimate of drug-likeness (QED) is 0.268. The molecule has 0 bridgehead atoms. The van der Waals surface area contributed by atoms with Gasteiger partial charge in [-0.15, -0.1) is 0 Å². The van der Waals surface area contributed by atoms with Crippen LogP contribution in [-0.4, -0.2) is 29.9 Å². The summed E-state index contributed by atoms with van der Waals surface area (Å²) in [5.74, 6) is -0.452. The number of hydrogen-bond acceptors (Lipinski definition) is 4. The van der Waals surface area contributed by atoms with Crippen LogP contribution in [0.2, 0.25) is 0 Å². The zero-order chi connectivity index (χ0) is 16.0. The van der Waals surface area contributed by atoms with Crippen LogP contribution < -0.4 is 51.4 Å². The Balaban J connectivity index is 0. The SMILES string of the molecule is CCCCCCCCCCCCCC(O)CCS(=O)(=O)[O-].[K+]. The number of aliphatic hydroxyl groups excluding tert-OH is 1. The molecule has 128 valence electrons. The van der Waals surface area contributed by atoms with E-state index in [1.165, 1.54) is 57.8 Å². The Kier molecular flexibility index (Phi) is 20.3. The molecule has 0 aromatic carbocycles. The van der Waals surface area contributed by atoms with Crippen LogP contribution in [0.3, 0.4) is 0 Å². The van der Waals surface area contributed by atoms with Gasteiger partial charge in [-0.1, -0.05) is 77.6 Å². The summed E-state index contributed by atoms with van der Waals surface area (Å²) in [7, 11) is -4.18. The van der Waals surface area contributed by atoms with Crippen molar-refractivity contribution in [2.75, 3.05) is 5.75 Å². The molecule has 0 saturated heterocycles. The van der Waals surface area contributed by atoms with Gasteiger partial charge in [0.2, 0.25) is 0 Å². The van der Waals surface area contributed by atoms with E-state index in [9.17, 15) is 18.1 Å². The van der Waals surface area contributed by atoms with Crippen molar-refractivity contribution < 1.29 is 69.5 Å². The first-order chi connectivity index (χ1) is 9.95. The van der Waals surface area contributed by atoms with E-state index in [2.05, 4.69) is 6.92 Å². The van der Waals surface area contributed by atoms with Crippen molar-refractivity contribution in [2.45, 2.75) is 96.5 Å². The summed E-state index contributed by atoms with van der Waals surface area (Å²) in [5, 5.41) is 9.55. The Morgan fingerprint density at radius 3 is 1.64 bits per heavy atom. The fourth-order valence-electron chi connectivity index (χ4n) is 2.47. The molecule has 0 saturated carbocycles. The minimum atomic E-state index is -4.18. The fourth-order valence-corrected chi connectivity index (χ4v) is 3.03. The Hall–Kier alpha value is 1.51. The van der Waals surface area contributed by atoms with Gasteiger partial charge in [0.1, 0.15) is 0 Å². The third kappa shape index (κ3) is 21.5. The molecule has 0 radical (unpaired) electrons. The van der Waals surface area contributed by atoms with Crippen molar-refractivity contribution in [3.05, 3.63) is 0 Å². The molecule has 0 aromatic heterocycles. The zero-order valence-electron chi connectivity index (χ0n) is 14.6. The molecule has 1 unspecified atom stereocenters. The molecule has 0 spiro atoms. The van der Waals surface area contributed by atoms with Gasteiger partial charge in [0.25, 0.3) is 0 Å². The summed E-state index contributed by atoms with van der Waals surface area (Å²) in [6, 6.07) is 0. The van der Waals surface area contributed by atoms with Gasteiger partial charge < -0.3 is 9.66 Å². The number of rotatable bonds is 15. The molecule has 1 N–H and O–H groups in total. The first-order valence-electron chi connectivity index (χ1n) is 8.57. The van der Waals surface area contributed by atoms with Gasteiger partial charge in [-0.2, -0.15) is 0 Å². The fraction of sp³-hybridized carbons (Fsp3) is 1.00. The molecule has 22 heavy (non-hydrogen) atoms. The van der Waals surface area contributed by atoms with Crippen molar-refractivity contribution in [2.24, 2.45) is 0 Å². The van der Waals surface area contributed by atoms with Gasteiger partial charge >= 0.3 is 51.4 Å². The topological polar surface area (TPSA) is 77.4 Å². The normalized spacial score (nSPS) is 12.9. The first kappa shape index (κ1) is 25.7. The second-order valence-corrected chi connectivity index (χ2v) is 7.55. The molecule has 0 amide bonds. The second kappa shape index (κ2) is 17.3. The van der Waals surface area contributed by atoms with Crippen LogP contribution in [0, 0.1) is 0 Å². The van der Waals surface area contributed by atoms with Crippen molar-refractivity contribution >= 4 is 10.1 Å². The van der Waals surface area contributed by atoms with E-state index in [1.54, 1.807) is 0 Å². The Morgan fingerprint density at radius 2 is 1.23 bits per heavy atom. The Bertz CT molecular complexity index is 320. The smallest absolute Gasteiger partial charge is 0.748 e. The standard InChI is InChI=1S/C16H34O4S.K/c1-2-3-4-5-6-7-8-9-10-11-12-13-16(17)14-15-21(18,19)20;/h16-17H,2-15H2,1H3,(H,18,19,20);/q;+1/p-1. The van der Waals surface area contributed by atoms with Gasteiger partial charge in [-0.25, -0.2) is 8.42 Å². The van der Waals surface area contributed by atoms with Crippen LogP contribution in [-0.2, 0) is 10.1 Å². The van der Waals surface area contributed by atoms with Crippen LogP contribution in [0.1, 0.15) is 90.4 Å². The minimum absolute atomic E-state index is 0. The van der Waals surface area contributed by atoms with Crippen LogP contribution in [0.15, 0.2) is 0 Å². The van der Waals surface area contributed by atoms with Crippen LogP contribution >= 0.6 is 0 Å². The van der Waals surface area contributed by atoms with Gasteiger partial charge in [0.15, 0.2) is 0 Å². The second-order valence-electron chi connectivity index (χ2n) is 6.03. The predicted molar refractivity (Wildman–Crippen MR) is 86.3 cm³/mol. The Morgan fingerprint density at radius 1 is 0.818 bits per heavy atom. The number of hydrogen-bond donors (Lipinski definition) is 1. The van der Waals surface area contributed by atoms with E-state index in [0.29, 0.717) is 6.42 Å². The molecule has 6 heteroatoms. The van der Waals surface area contributed by atoms with E-state index in [1.807, 2.05) is 0 Å². The van der Waals surface area contributed by atoms with Crippen LogP contribution in [0.25, 0.3) is 0 Å². The summed E-state index contributed by atoms with van der Waals surface area (Å²) in [4.78, 5) is 0.